The highest BCUT2D eigenvalue weighted by Gasteiger charge is 2.13. The number of carbonyl (C=O) groups excluding carboxylic acids is 1. The van der Waals surface area contributed by atoms with Gasteiger partial charge in [0.05, 0.1) is 16.8 Å². The molecule has 2 aromatic heterocycles. The van der Waals surface area contributed by atoms with Crippen LogP contribution in [0.4, 0.5) is 5.69 Å². The molecule has 7 heteroatoms. The summed E-state index contributed by atoms with van der Waals surface area (Å²) >= 11 is 6.25. The third-order valence-corrected chi connectivity index (χ3v) is 3.48. The van der Waals surface area contributed by atoms with Gasteiger partial charge >= 0.3 is 0 Å². The monoisotopic (exact) mass is 316 g/mol. The van der Waals surface area contributed by atoms with Crippen LogP contribution in [0.15, 0.2) is 34.9 Å². The molecular formula is C15H13ClN4O2. The Hall–Kier alpha value is -2.60. The summed E-state index contributed by atoms with van der Waals surface area (Å²) in [6, 6.07) is 6.80. The summed E-state index contributed by atoms with van der Waals surface area (Å²) in [4.78, 5) is 16.4. The van der Waals surface area contributed by atoms with E-state index in [0.717, 1.165) is 0 Å². The molecule has 1 amide bonds. The van der Waals surface area contributed by atoms with Gasteiger partial charge in [0.1, 0.15) is 11.6 Å². The van der Waals surface area contributed by atoms with Crippen molar-refractivity contribution >= 4 is 23.2 Å². The molecule has 0 saturated heterocycles. The van der Waals surface area contributed by atoms with Crippen LogP contribution in [0.2, 0.25) is 5.02 Å². The van der Waals surface area contributed by atoms with Gasteiger partial charge in [0.2, 0.25) is 0 Å². The summed E-state index contributed by atoms with van der Waals surface area (Å²) in [6.45, 7) is 3.54. The molecule has 2 N–H and O–H groups in total. The Labute approximate surface area is 131 Å². The first-order chi connectivity index (χ1) is 10.5. The van der Waals surface area contributed by atoms with Crippen molar-refractivity contribution in [3.63, 3.8) is 0 Å². The second kappa shape index (κ2) is 5.65. The first-order valence-corrected chi connectivity index (χ1v) is 6.97. The van der Waals surface area contributed by atoms with Crippen LogP contribution in [0, 0.1) is 13.8 Å². The van der Waals surface area contributed by atoms with Gasteiger partial charge in [-0.25, -0.2) is 4.98 Å². The number of amides is 1. The van der Waals surface area contributed by atoms with Crippen molar-refractivity contribution < 1.29 is 9.21 Å². The van der Waals surface area contributed by atoms with E-state index in [1.165, 1.54) is 6.26 Å². The molecule has 0 aliphatic heterocycles. The molecule has 0 aliphatic rings. The molecular weight excluding hydrogens is 304 g/mol. The molecule has 0 bridgehead atoms. The van der Waals surface area contributed by atoms with Crippen LogP contribution in [-0.2, 0) is 0 Å². The van der Waals surface area contributed by atoms with Crippen molar-refractivity contribution in [3.8, 4) is 11.4 Å². The second-order valence-corrected chi connectivity index (χ2v) is 5.19. The van der Waals surface area contributed by atoms with Gasteiger partial charge in [-0.05, 0) is 38.1 Å². The standard InChI is InChI=1S/C15H13ClN4O2/c1-8-11(5-6-22-8)15(21)18-10-3-4-12(13(16)7-10)14-17-9(2)19-20-14/h3-7H,1-2H3,(H,18,21)(H,17,19,20). The number of halogens is 1. The number of nitrogens with zero attached hydrogens (tertiary/aromatic N) is 2. The molecule has 0 atom stereocenters. The number of H-pyrrole nitrogens is 1. The molecule has 3 rings (SSSR count). The van der Waals surface area contributed by atoms with Crippen molar-refractivity contribution in [2.45, 2.75) is 13.8 Å². The average molecular weight is 317 g/mol. The number of aromatic amines is 1. The van der Waals surface area contributed by atoms with E-state index in [-0.39, 0.29) is 5.91 Å². The second-order valence-electron chi connectivity index (χ2n) is 4.78. The number of hydrogen-bond donors (Lipinski definition) is 2. The number of benzene rings is 1. The highest BCUT2D eigenvalue weighted by Crippen LogP contribution is 2.28. The Balaban J connectivity index is 1.83. The van der Waals surface area contributed by atoms with E-state index in [4.69, 9.17) is 16.0 Å². The summed E-state index contributed by atoms with van der Waals surface area (Å²) in [5, 5.41) is 10.1. The van der Waals surface area contributed by atoms with Crippen molar-refractivity contribution in [1.29, 1.82) is 0 Å². The van der Waals surface area contributed by atoms with E-state index >= 15 is 0 Å². The summed E-state index contributed by atoms with van der Waals surface area (Å²) < 4.78 is 5.12. The van der Waals surface area contributed by atoms with E-state index in [9.17, 15) is 4.79 Å². The SMILES string of the molecule is Cc1nc(-c2ccc(NC(=O)c3ccoc3C)cc2Cl)n[nH]1. The van der Waals surface area contributed by atoms with Gasteiger partial charge in [-0.15, -0.1) is 0 Å². The zero-order valence-corrected chi connectivity index (χ0v) is 12.7. The van der Waals surface area contributed by atoms with Crippen LogP contribution in [0.1, 0.15) is 21.9 Å². The van der Waals surface area contributed by atoms with Crippen molar-refractivity contribution in [3.05, 3.63) is 52.7 Å². The first-order valence-electron chi connectivity index (χ1n) is 6.59. The largest absolute Gasteiger partial charge is 0.469 e. The molecule has 6 nitrogen and oxygen atoms in total. The molecule has 0 radical (unpaired) electrons. The van der Waals surface area contributed by atoms with Gasteiger partial charge in [0, 0.05) is 11.3 Å². The van der Waals surface area contributed by atoms with E-state index in [0.29, 0.717) is 39.2 Å². The van der Waals surface area contributed by atoms with Crippen molar-refractivity contribution in [1.82, 2.24) is 15.2 Å². The molecule has 22 heavy (non-hydrogen) atoms. The Morgan fingerprint density at radius 1 is 1.32 bits per heavy atom. The van der Waals surface area contributed by atoms with E-state index in [1.807, 2.05) is 6.92 Å². The van der Waals surface area contributed by atoms with Crippen molar-refractivity contribution in [2.24, 2.45) is 0 Å². The Kier molecular flexibility index (Phi) is 3.68. The van der Waals surface area contributed by atoms with Crippen LogP contribution in [-0.4, -0.2) is 21.1 Å². The normalized spacial score (nSPS) is 10.7. The zero-order chi connectivity index (χ0) is 15.7. The number of nitrogens with one attached hydrogen (secondary N) is 2. The highest BCUT2D eigenvalue weighted by molar-refractivity contribution is 6.33. The Morgan fingerprint density at radius 2 is 2.14 bits per heavy atom. The minimum absolute atomic E-state index is 0.246. The van der Waals surface area contributed by atoms with Crippen molar-refractivity contribution in [2.75, 3.05) is 5.32 Å². The molecule has 1 aromatic carbocycles. The number of aryl methyl sites for hydroxylation is 2. The van der Waals surface area contributed by atoms with Gasteiger partial charge in [-0.1, -0.05) is 11.6 Å². The Morgan fingerprint density at radius 3 is 2.73 bits per heavy atom. The third kappa shape index (κ3) is 2.73. The summed E-state index contributed by atoms with van der Waals surface area (Å²) in [5.74, 6) is 1.55. The number of furan rings is 1. The smallest absolute Gasteiger partial charge is 0.259 e. The molecule has 0 spiro atoms. The van der Waals surface area contributed by atoms with Crippen LogP contribution >= 0.6 is 11.6 Å². The summed E-state index contributed by atoms with van der Waals surface area (Å²) in [6.07, 6.45) is 1.48. The van der Waals surface area contributed by atoms with Crippen LogP contribution in [0.3, 0.4) is 0 Å². The molecule has 0 fully saturated rings. The summed E-state index contributed by atoms with van der Waals surface area (Å²) in [5.41, 5.74) is 1.78. The Bertz CT molecular complexity index is 838. The number of anilines is 1. The first kappa shape index (κ1) is 14.3. The van der Waals surface area contributed by atoms with Gasteiger partial charge in [-0.3, -0.25) is 9.89 Å². The minimum atomic E-state index is -0.246. The lowest BCUT2D eigenvalue weighted by Gasteiger charge is -2.07. The molecule has 3 aromatic rings. The van der Waals surface area contributed by atoms with Gasteiger partial charge < -0.3 is 9.73 Å². The van der Waals surface area contributed by atoms with Gasteiger partial charge in [0.15, 0.2) is 5.82 Å². The lowest BCUT2D eigenvalue weighted by Crippen LogP contribution is -2.12. The van der Waals surface area contributed by atoms with E-state index in [1.54, 1.807) is 31.2 Å². The average Bonchev–Trinajstić information content (AvgIpc) is 3.07. The van der Waals surface area contributed by atoms with Crippen LogP contribution in [0.5, 0.6) is 0 Å². The van der Waals surface area contributed by atoms with Crippen LogP contribution < -0.4 is 5.32 Å². The van der Waals surface area contributed by atoms with Crippen LogP contribution in [0.25, 0.3) is 11.4 Å². The third-order valence-electron chi connectivity index (χ3n) is 3.17. The predicted octanol–water partition coefficient (Wildman–Crippen LogP) is 3.59. The van der Waals surface area contributed by atoms with E-state index in [2.05, 4.69) is 20.5 Å². The fourth-order valence-electron chi connectivity index (χ4n) is 2.06. The zero-order valence-electron chi connectivity index (χ0n) is 12.0. The molecule has 2 heterocycles. The van der Waals surface area contributed by atoms with Gasteiger partial charge in [-0.2, -0.15) is 5.10 Å². The summed E-state index contributed by atoms with van der Waals surface area (Å²) in [7, 11) is 0. The maximum Gasteiger partial charge on any atom is 0.259 e. The number of carbonyl (C=O) groups is 1. The highest BCUT2D eigenvalue weighted by atomic mass is 35.5. The number of hydrogen-bond acceptors (Lipinski definition) is 4. The fraction of sp³-hybridized carbons (Fsp3) is 0.133. The maximum atomic E-state index is 12.1. The van der Waals surface area contributed by atoms with Gasteiger partial charge in [0.25, 0.3) is 5.91 Å². The topological polar surface area (TPSA) is 83.8 Å². The molecule has 0 aliphatic carbocycles. The molecule has 0 saturated carbocycles. The molecule has 0 unspecified atom stereocenters. The quantitative estimate of drug-likeness (QED) is 0.773. The van der Waals surface area contributed by atoms with E-state index < -0.39 is 0 Å². The number of aromatic nitrogens is 3. The number of rotatable bonds is 3. The predicted molar refractivity (Wildman–Crippen MR) is 83.0 cm³/mol. The molecule has 112 valence electrons. The lowest BCUT2D eigenvalue weighted by molar-refractivity contribution is 0.102. The minimum Gasteiger partial charge on any atom is -0.469 e. The lowest BCUT2D eigenvalue weighted by atomic mass is 10.2. The maximum absolute atomic E-state index is 12.1. The fourth-order valence-corrected chi connectivity index (χ4v) is 2.32.